The molecule has 0 saturated carbocycles. The summed E-state index contributed by atoms with van der Waals surface area (Å²) in [6.45, 7) is 0. The molecule has 6 nitrogen and oxygen atoms in total. The summed E-state index contributed by atoms with van der Waals surface area (Å²) in [4.78, 5) is 7.82. The Kier molecular flexibility index (Phi) is 3.26. The molecule has 2 aromatic rings. The van der Waals surface area contributed by atoms with E-state index in [9.17, 15) is 10.5 Å². The number of rotatable bonds is 2. The van der Waals surface area contributed by atoms with E-state index in [0.29, 0.717) is 11.1 Å². The fourth-order valence-corrected chi connectivity index (χ4v) is 1.75. The molecule has 0 aliphatic heterocycles. The Morgan fingerprint density at radius 3 is 2.32 bits per heavy atom. The molecule has 2 heterocycles. The zero-order valence-corrected chi connectivity index (χ0v) is 10.1. The summed E-state index contributed by atoms with van der Waals surface area (Å²) in [5, 5.41) is 18.5. The van der Waals surface area contributed by atoms with E-state index in [-0.39, 0.29) is 22.8 Å². The van der Waals surface area contributed by atoms with Crippen molar-refractivity contribution in [2.75, 3.05) is 12.8 Å². The molecule has 0 fully saturated rings. The second-order valence-electron chi connectivity index (χ2n) is 3.59. The third kappa shape index (κ3) is 2.03. The van der Waals surface area contributed by atoms with Crippen LogP contribution in [0.3, 0.4) is 0 Å². The van der Waals surface area contributed by atoms with Gasteiger partial charge in [0.15, 0.2) is 0 Å². The van der Waals surface area contributed by atoms with E-state index in [1.165, 1.54) is 7.11 Å². The molecule has 92 valence electrons. The largest absolute Gasteiger partial charge is 0.480 e. The molecule has 6 heteroatoms. The van der Waals surface area contributed by atoms with E-state index >= 15 is 0 Å². The van der Waals surface area contributed by atoms with Gasteiger partial charge in [-0.15, -0.1) is 0 Å². The van der Waals surface area contributed by atoms with Crippen LogP contribution in [0.4, 0.5) is 5.82 Å². The summed E-state index contributed by atoms with van der Waals surface area (Å²) in [6, 6.07) is 7.36. The zero-order chi connectivity index (χ0) is 13.8. The van der Waals surface area contributed by atoms with Crippen molar-refractivity contribution in [3.05, 3.63) is 35.7 Å². The minimum Gasteiger partial charge on any atom is -0.480 e. The van der Waals surface area contributed by atoms with E-state index in [2.05, 4.69) is 9.97 Å². The van der Waals surface area contributed by atoms with Crippen LogP contribution in [0.15, 0.2) is 24.5 Å². The Morgan fingerprint density at radius 1 is 1.16 bits per heavy atom. The molecule has 0 atom stereocenters. The number of nitrogens with two attached hydrogens (primary N) is 1. The first-order valence-electron chi connectivity index (χ1n) is 5.31. The predicted octanol–water partition coefficient (Wildman–Crippen LogP) is 1.48. The molecule has 0 spiro atoms. The van der Waals surface area contributed by atoms with Crippen LogP contribution >= 0.6 is 0 Å². The van der Waals surface area contributed by atoms with Crippen LogP contribution in [0.2, 0.25) is 0 Å². The van der Waals surface area contributed by atoms with Crippen LogP contribution in [-0.4, -0.2) is 17.1 Å². The Hall–Kier alpha value is -3.12. The monoisotopic (exact) mass is 251 g/mol. The summed E-state index contributed by atoms with van der Waals surface area (Å²) in [7, 11) is 1.39. The summed E-state index contributed by atoms with van der Waals surface area (Å²) in [5.74, 6) is 0.135. The maximum atomic E-state index is 9.27. The number of hydrogen-bond acceptors (Lipinski definition) is 6. The van der Waals surface area contributed by atoms with Gasteiger partial charge in [0, 0.05) is 18.0 Å². The number of nitrogen functional groups attached to an aromatic ring is 1. The van der Waals surface area contributed by atoms with Crippen molar-refractivity contribution in [2.24, 2.45) is 0 Å². The zero-order valence-electron chi connectivity index (χ0n) is 10.1. The van der Waals surface area contributed by atoms with Gasteiger partial charge in [0.25, 0.3) is 0 Å². The molecular formula is C13H9N5O. The van der Waals surface area contributed by atoms with Gasteiger partial charge in [-0.05, 0) is 17.7 Å². The van der Waals surface area contributed by atoms with Crippen molar-refractivity contribution in [3.63, 3.8) is 0 Å². The number of hydrogen-bond donors (Lipinski definition) is 1. The molecule has 19 heavy (non-hydrogen) atoms. The van der Waals surface area contributed by atoms with E-state index in [4.69, 9.17) is 10.5 Å². The Balaban J connectivity index is 2.88. The standard InChI is InChI=1S/C13H9N5O/c1-19-13-10(7-15)11(8-2-4-17-5-3-8)9(6-14)12(16)18-13/h2-5H,1H3,(H2,16,18). The second-order valence-corrected chi connectivity index (χ2v) is 3.59. The average Bonchev–Trinajstić information content (AvgIpc) is 2.46. The first-order valence-corrected chi connectivity index (χ1v) is 5.31. The molecular weight excluding hydrogens is 242 g/mol. The lowest BCUT2D eigenvalue weighted by Crippen LogP contribution is -2.04. The lowest BCUT2D eigenvalue weighted by molar-refractivity contribution is 0.397. The maximum Gasteiger partial charge on any atom is 0.234 e. The number of nitrogens with zero attached hydrogens (tertiary/aromatic N) is 4. The molecule has 0 amide bonds. The Morgan fingerprint density at radius 2 is 1.79 bits per heavy atom. The van der Waals surface area contributed by atoms with E-state index in [0.717, 1.165) is 0 Å². The van der Waals surface area contributed by atoms with Crippen LogP contribution in [0.25, 0.3) is 11.1 Å². The summed E-state index contributed by atoms with van der Waals surface area (Å²) >= 11 is 0. The molecule has 0 aromatic carbocycles. The van der Waals surface area contributed by atoms with E-state index in [1.54, 1.807) is 24.5 Å². The first kappa shape index (κ1) is 12.3. The molecule has 0 radical (unpaired) electrons. The highest BCUT2D eigenvalue weighted by Gasteiger charge is 2.20. The minimum atomic E-state index is 0.0326. The summed E-state index contributed by atoms with van der Waals surface area (Å²) in [6.07, 6.45) is 3.14. The molecule has 0 bridgehead atoms. The predicted molar refractivity (Wildman–Crippen MR) is 67.9 cm³/mol. The van der Waals surface area contributed by atoms with Gasteiger partial charge in [-0.25, -0.2) is 0 Å². The van der Waals surface area contributed by atoms with Crippen LogP contribution in [0.1, 0.15) is 11.1 Å². The second kappa shape index (κ2) is 5.03. The number of nitriles is 2. The molecule has 0 aliphatic carbocycles. The first-order chi connectivity index (χ1) is 9.22. The molecule has 2 N–H and O–H groups in total. The third-order valence-corrected chi connectivity index (χ3v) is 2.58. The summed E-state index contributed by atoms with van der Waals surface area (Å²) < 4.78 is 5.04. The van der Waals surface area contributed by atoms with Crippen molar-refractivity contribution < 1.29 is 4.74 Å². The van der Waals surface area contributed by atoms with Gasteiger partial charge < -0.3 is 10.5 Å². The van der Waals surface area contributed by atoms with Gasteiger partial charge >= 0.3 is 0 Å². The number of methoxy groups -OCH3 is 1. The van der Waals surface area contributed by atoms with Crippen molar-refractivity contribution in [3.8, 4) is 29.1 Å². The Bertz CT molecular complexity index is 698. The highest BCUT2D eigenvalue weighted by molar-refractivity contribution is 5.82. The summed E-state index contributed by atoms with van der Waals surface area (Å²) in [5.41, 5.74) is 7.14. The van der Waals surface area contributed by atoms with Crippen molar-refractivity contribution in [1.29, 1.82) is 10.5 Å². The van der Waals surface area contributed by atoms with Crippen LogP contribution in [0.5, 0.6) is 5.88 Å². The van der Waals surface area contributed by atoms with Gasteiger partial charge in [0.05, 0.1) is 7.11 Å². The lowest BCUT2D eigenvalue weighted by Gasteiger charge is -2.11. The molecule has 0 saturated heterocycles. The minimum absolute atomic E-state index is 0.0326. The molecule has 0 unspecified atom stereocenters. The molecule has 0 aliphatic rings. The van der Waals surface area contributed by atoms with E-state index in [1.807, 2.05) is 12.1 Å². The van der Waals surface area contributed by atoms with Crippen LogP contribution < -0.4 is 10.5 Å². The number of ether oxygens (including phenoxy) is 1. The fraction of sp³-hybridized carbons (Fsp3) is 0.0769. The smallest absolute Gasteiger partial charge is 0.234 e. The quantitative estimate of drug-likeness (QED) is 0.865. The lowest BCUT2D eigenvalue weighted by atomic mass is 9.97. The van der Waals surface area contributed by atoms with Crippen LogP contribution in [-0.2, 0) is 0 Å². The molecule has 2 aromatic heterocycles. The van der Waals surface area contributed by atoms with Gasteiger partial charge in [0.1, 0.15) is 29.1 Å². The van der Waals surface area contributed by atoms with Gasteiger partial charge in [0.2, 0.25) is 5.88 Å². The third-order valence-electron chi connectivity index (χ3n) is 2.58. The highest BCUT2D eigenvalue weighted by Crippen LogP contribution is 2.34. The molecule has 2 rings (SSSR count). The van der Waals surface area contributed by atoms with Gasteiger partial charge in [-0.3, -0.25) is 4.98 Å². The van der Waals surface area contributed by atoms with Crippen LogP contribution in [0, 0.1) is 22.7 Å². The Labute approximate surface area is 109 Å². The highest BCUT2D eigenvalue weighted by atomic mass is 16.5. The van der Waals surface area contributed by atoms with Gasteiger partial charge in [-0.1, -0.05) is 0 Å². The topological polar surface area (TPSA) is 109 Å². The van der Waals surface area contributed by atoms with E-state index < -0.39 is 0 Å². The maximum absolute atomic E-state index is 9.27. The fourth-order valence-electron chi connectivity index (χ4n) is 1.75. The van der Waals surface area contributed by atoms with Gasteiger partial charge in [-0.2, -0.15) is 15.5 Å². The van der Waals surface area contributed by atoms with Crippen molar-refractivity contribution in [2.45, 2.75) is 0 Å². The SMILES string of the molecule is COc1nc(N)c(C#N)c(-c2ccncc2)c1C#N. The normalized spacial score (nSPS) is 9.42. The van der Waals surface area contributed by atoms with Crippen molar-refractivity contribution in [1.82, 2.24) is 9.97 Å². The number of pyridine rings is 2. The number of aromatic nitrogens is 2. The average molecular weight is 251 g/mol. The van der Waals surface area contributed by atoms with Crippen molar-refractivity contribution >= 4 is 5.82 Å². The number of anilines is 1.